The van der Waals surface area contributed by atoms with Gasteiger partial charge in [0, 0.05) is 24.0 Å². The average Bonchev–Trinajstić information content (AvgIpc) is 3.30. The Morgan fingerprint density at radius 1 is 1.14 bits per heavy atom. The van der Waals surface area contributed by atoms with Gasteiger partial charge in [0.1, 0.15) is 4.90 Å². The fourth-order valence-corrected chi connectivity index (χ4v) is 5.49. The van der Waals surface area contributed by atoms with Gasteiger partial charge in [-0.3, -0.25) is 9.67 Å². The molecule has 4 aromatic rings. The summed E-state index contributed by atoms with van der Waals surface area (Å²) in [6, 6.07) is 8.09. The van der Waals surface area contributed by atoms with Crippen molar-refractivity contribution >= 4 is 56.1 Å². The summed E-state index contributed by atoms with van der Waals surface area (Å²) in [5.41, 5.74) is 2.58. The summed E-state index contributed by atoms with van der Waals surface area (Å²) in [5, 5.41) is 17.9. The van der Waals surface area contributed by atoms with Gasteiger partial charge in [-0.25, -0.2) is 12.8 Å². The van der Waals surface area contributed by atoms with Crippen LogP contribution >= 0.6 is 24.0 Å². The number of fused-ring (bicyclic) bond motifs is 1. The second-order valence-corrected chi connectivity index (χ2v) is 11.5. The van der Waals surface area contributed by atoms with Crippen molar-refractivity contribution in [1.82, 2.24) is 19.7 Å². The highest BCUT2D eigenvalue weighted by molar-refractivity contribution is 7.90. The van der Waals surface area contributed by atoms with Crippen molar-refractivity contribution in [2.75, 3.05) is 31.7 Å². The number of nitrogens with one attached hydrogen (secondary N) is 1. The standard InChI is InChI=1S/C25H25ClFN5O3S.ClH/c1-31-7-5-18(6-8-31)32-14-17(12-29-32)30-24-19-9-15(16-10-20(26)25(33)21(27)11-16)3-4-22(19)28-13-23(24)36(2,34)35;/h3-4,9-14,18,33H,5-8H2,1-2H3,(H,28,30);1H. The molecular weight excluding hydrogens is 540 g/mol. The van der Waals surface area contributed by atoms with Crippen molar-refractivity contribution in [2.45, 2.75) is 23.8 Å². The van der Waals surface area contributed by atoms with Crippen LogP contribution in [0.4, 0.5) is 15.8 Å². The van der Waals surface area contributed by atoms with E-state index in [0.717, 1.165) is 32.2 Å². The number of hydrogen-bond donors (Lipinski definition) is 2. The van der Waals surface area contributed by atoms with E-state index >= 15 is 0 Å². The number of likely N-dealkylation sites (tertiary alicyclic amines) is 1. The molecule has 8 nitrogen and oxygen atoms in total. The van der Waals surface area contributed by atoms with E-state index in [1.54, 1.807) is 24.4 Å². The zero-order valence-electron chi connectivity index (χ0n) is 20.1. The van der Waals surface area contributed by atoms with E-state index in [2.05, 4.69) is 27.3 Å². The molecule has 1 saturated heterocycles. The fraction of sp³-hybridized carbons (Fsp3) is 0.280. The Kier molecular flexibility index (Phi) is 7.66. The SMILES string of the molecule is CN1CCC(n2cc(Nc3c(S(C)(=O)=O)cnc4ccc(-c5cc(F)c(O)c(Cl)c5)cc34)cn2)CC1.Cl. The molecule has 37 heavy (non-hydrogen) atoms. The highest BCUT2D eigenvalue weighted by Crippen LogP contribution is 2.37. The highest BCUT2D eigenvalue weighted by Gasteiger charge is 2.21. The third-order valence-corrected chi connectivity index (χ3v) is 7.91. The third-order valence-electron chi connectivity index (χ3n) is 6.52. The van der Waals surface area contributed by atoms with Gasteiger partial charge in [0.2, 0.25) is 0 Å². The van der Waals surface area contributed by atoms with Gasteiger partial charge in [-0.2, -0.15) is 5.10 Å². The number of rotatable bonds is 5. The maximum absolute atomic E-state index is 14.2. The predicted octanol–water partition coefficient (Wildman–Crippen LogP) is 5.43. The number of hydrogen-bond acceptors (Lipinski definition) is 7. The summed E-state index contributed by atoms with van der Waals surface area (Å²) >= 11 is 5.98. The van der Waals surface area contributed by atoms with Gasteiger partial charge >= 0.3 is 0 Å². The lowest BCUT2D eigenvalue weighted by atomic mass is 10.0. The number of aromatic nitrogens is 3. The molecule has 2 aromatic heterocycles. The van der Waals surface area contributed by atoms with Gasteiger partial charge in [-0.05, 0) is 68.4 Å². The number of piperidine rings is 1. The van der Waals surface area contributed by atoms with E-state index in [1.807, 2.05) is 10.9 Å². The Morgan fingerprint density at radius 3 is 2.54 bits per heavy atom. The molecule has 12 heteroatoms. The Morgan fingerprint density at radius 2 is 1.86 bits per heavy atom. The summed E-state index contributed by atoms with van der Waals surface area (Å²) < 4.78 is 41.4. The summed E-state index contributed by atoms with van der Waals surface area (Å²) in [5.74, 6) is -1.47. The minimum atomic E-state index is -3.63. The minimum Gasteiger partial charge on any atom is -0.504 e. The number of benzene rings is 2. The van der Waals surface area contributed by atoms with Crippen LogP contribution in [0.25, 0.3) is 22.0 Å². The number of nitrogens with zero attached hydrogens (tertiary/aromatic N) is 4. The van der Waals surface area contributed by atoms with Gasteiger partial charge < -0.3 is 15.3 Å². The first kappa shape index (κ1) is 27.1. The Labute approximate surface area is 225 Å². The monoisotopic (exact) mass is 565 g/mol. The maximum atomic E-state index is 14.2. The van der Waals surface area contributed by atoms with Gasteiger partial charge in [0.05, 0.1) is 34.2 Å². The van der Waals surface area contributed by atoms with Crippen LogP contribution in [0, 0.1) is 5.82 Å². The Bertz CT molecular complexity index is 1550. The van der Waals surface area contributed by atoms with Crippen LogP contribution in [-0.4, -0.2) is 59.6 Å². The van der Waals surface area contributed by atoms with Crippen LogP contribution in [0.5, 0.6) is 5.75 Å². The molecule has 0 unspecified atom stereocenters. The smallest absolute Gasteiger partial charge is 0.179 e. The number of aromatic hydroxyl groups is 1. The lowest BCUT2D eigenvalue weighted by Gasteiger charge is -2.28. The molecule has 1 aliphatic heterocycles. The number of pyridine rings is 1. The quantitative estimate of drug-likeness (QED) is 0.332. The molecule has 2 N–H and O–H groups in total. The molecule has 196 valence electrons. The molecule has 2 aromatic carbocycles. The number of halogens is 3. The number of phenols is 1. The molecule has 1 fully saturated rings. The van der Waals surface area contributed by atoms with Gasteiger partial charge in [-0.1, -0.05) is 17.7 Å². The maximum Gasteiger partial charge on any atom is 0.179 e. The van der Waals surface area contributed by atoms with Crippen molar-refractivity contribution in [3.8, 4) is 16.9 Å². The summed E-state index contributed by atoms with van der Waals surface area (Å²) in [6.07, 6.45) is 7.99. The summed E-state index contributed by atoms with van der Waals surface area (Å²) in [6.45, 7) is 1.98. The van der Waals surface area contributed by atoms with Crippen LogP contribution < -0.4 is 5.32 Å². The highest BCUT2D eigenvalue weighted by atomic mass is 35.5. The molecular formula is C25H26Cl2FN5O3S. The van der Waals surface area contributed by atoms with Crippen LogP contribution in [0.3, 0.4) is 0 Å². The Balaban J connectivity index is 0.00000320. The van der Waals surface area contributed by atoms with Crippen LogP contribution in [0.2, 0.25) is 5.02 Å². The summed E-state index contributed by atoms with van der Waals surface area (Å²) in [7, 11) is -1.53. The molecule has 0 radical (unpaired) electrons. The van der Waals surface area contributed by atoms with Crippen molar-refractivity contribution in [1.29, 1.82) is 0 Å². The largest absolute Gasteiger partial charge is 0.504 e. The number of anilines is 2. The van der Waals surface area contributed by atoms with E-state index in [9.17, 15) is 17.9 Å². The van der Waals surface area contributed by atoms with Crippen molar-refractivity contribution < 1.29 is 17.9 Å². The molecule has 0 atom stereocenters. The second-order valence-electron chi connectivity index (χ2n) is 9.16. The first-order valence-electron chi connectivity index (χ1n) is 11.4. The lowest BCUT2D eigenvalue weighted by molar-refractivity contribution is 0.212. The molecule has 3 heterocycles. The van der Waals surface area contributed by atoms with E-state index < -0.39 is 21.4 Å². The first-order valence-corrected chi connectivity index (χ1v) is 13.7. The van der Waals surface area contributed by atoms with Crippen LogP contribution in [0.15, 0.2) is 53.8 Å². The Hall–Kier alpha value is -2.92. The fourth-order valence-electron chi connectivity index (χ4n) is 4.50. The molecule has 0 spiro atoms. The first-order chi connectivity index (χ1) is 17.1. The van der Waals surface area contributed by atoms with E-state index in [1.165, 1.54) is 18.3 Å². The molecule has 1 aliphatic rings. The van der Waals surface area contributed by atoms with Crippen molar-refractivity contribution in [2.24, 2.45) is 0 Å². The molecule has 5 rings (SSSR count). The lowest BCUT2D eigenvalue weighted by Crippen LogP contribution is -2.31. The van der Waals surface area contributed by atoms with Crippen molar-refractivity contribution in [3.63, 3.8) is 0 Å². The number of phenolic OH excluding ortho intramolecular Hbond substituents is 1. The molecule has 0 bridgehead atoms. The van der Waals surface area contributed by atoms with Gasteiger partial charge in [-0.15, -0.1) is 12.4 Å². The normalized spacial score (nSPS) is 15.0. The topological polar surface area (TPSA) is 100 Å². The van der Waals surface area contributed by atoms with Gasteiger partial charge in [0.15, 0.2) is 21.4 Å². The summed E-state index contributed by atoms with van der Waals surface area (Å²) in [4.78, 5) is 6.65. The van der Waals surface area contributed by atoms with Crippen LogP contribution in [-0.2, 0) is 9.84 Å². The zero-order valence-corrected chi connectivity index (χ0v) is 22.5. The van der Waals surface area contributed by atoms with Crippen molar-refractivity contribution in [3.05, 3.63) is 59.8 Å². The number of sulfone groups is 1. The van der Waals surface area contributed by atoms with Crippen LogP contribution in [0.1, 0.15) is 18.9 Å². The molecule has 0 saturated carbocycles. The second kappa shape index (κ2) is 10.4. The predicted molar refractivity (Wildman–Crippen MR) is 145 cm³/mol. The molecule has 0 aliphatic carbocycles. The third kappa shape index (κ3) is 5.52. The average molecular weight is 566 g/mol. The van der Waals surface area contributed by atoms with E-state index in [0.29, 0.717) is 33.4 Å². The zero-order chi connectivity index (χ0) is 25.6. The molecule has 0 amide bonds. The van der Waals surface area contributed by atoms with E-state index in [-0.39, 0.29) is 28.4 Å². The minimum absolute atomic E-state index is 0. The van der Waals surface area contributed by atoms with Gasteiger partial charge in [0.25, 0.3) is 0 Å². The van der Waals surface area contributed by atoms with E-state index in [4.69, 9.17) is 11.6 Å².